The molecule has 0 fully saturated rings. The molecule has 1 N–H and O–H groups in total. The first-order chi connectivity index (χ1) is 15.9. The number of imidazole rings is 1. The van der Waals surface area contributed by atoms with Gasteiger partial charge in [0, 0.05) is 18.3 Å². The van der Waals surface area contributed by atoms with Crippen molar-refractivity contribution >= 4 is 18.0 Å². The average Bonchev–Trinajstić information content (AvgIpc) is 3.14. The molecule has 0 radical (unpaired) electrons. The second-order valence-electron chi connectivity index (χ2n) is 7.63. The molecular formula is C23H22F2N4O4. The van der Waals surface area contributed by atoms with Crippen molar-refractivity contribution in [3.8, 4) is 17.0 Å². The fourth-order valence-electron chi connectivity index (χ4n) is 3.82. The van der Waals surface area contributed by atoms with E-state index in [-0.39, 0.29) is 31.8 Å². The fraction of sp³-hybridized carbons (Fsp3) is 0.261. The van der Waals surface area contributed by atoms with Crippen molar-refractivity contribution in [1.82, 2.24) is 14.5 Å². The summed E-state index contributed by atoms with van der Waals surface area (Å²) in [6.45, 7) is -0.252. The standard InChI is InChI=1S/C23H22F2N4O4/c1-33-19-8-7-17(24)22(25)23(19)29(14-30)13-21(32)28-10-16(31)9-27-11-18(26-20(27)12-28)15-5-3-2-4-6-15/h2-8,11,14,16,31H,9-10,12-13H2,1H3. The number of carbonyl (C=O) groups excluding carboxylic acids is 2. The Kier molecular flexibility index (Phi) is 6.36. The molecule has 0 saturated carbocycles. The minimum Gasteiger partial charge on any atom is -0.494 e. The molecule has 4 rings (SSSR count). The molecule has 1 atom stereocenters. The number of aliphatic hydroxyl groups excluding tert-OH is 1. The maximum Gasteiger partial charge on any atom is 0.243 e. The van der Waals surface area contributed by atoms with Crippen LogP contribution in [0.25, 0.3) is 11.3 Å². The van der Waals surface area contributed by atoms with Crippen molar-refractivity contribution in [2.75, 3.05) is 25.1 Å². The first-order valence-electron chi connectivity index (χ1n) is 10.2. The van der Waals surface area contributed by atoms with Crippen LogP contribution in [0.3, 0.4) is 0 Å². The maximum absolute atomic E-state index is 14.4. The predicted octanol–water partition coefficient (Wildman–Crippen LogP) is 2.20. The third kappa shape index (κ3) is 4.56. The number of methoxy groups -OCH3 is 1. The second-order valence-corrected chi connectivity index (χ2v) is 7.63. The highest BCUT2D eigenvalue weighted by molar-refractivity contribution is 5.90. The van der Waals surface area contributed by atoms with Crippen LogP contribution in [0.5, 0.6) is 5.75 Å². The summed E-state index contributed by atoms with van der Waals surface area (Å²) >= 11 is 0. The molecule has 0 aliphatic carbocycles. The molecule has 1 aromatic heterocycles. The van der Waals surface area contributed by atoms with Gasteiger partial charge >= 0.3 is 0 Å². The van der Waals surface area contributed by atoms with E-state index in [1.807, 2.05) is 36.5 Å². The highest BCUT2D eigenvalue weighted by atomic mass is 19.2. The van der Waals surface area contributed by atoms with Gasteiger partial charge in [0.05, 0.1) is 32.0 Å². The van der Waals surface area contributed by atoms with Crippen molar-refractivity contribution in [1.29, 1.82) is 0 Å². The third-order valence-corrected chi connectivity index (χ3v) is 5.42. The number of anilines is 1. The first-order valence-corrected chi connectivity index (χ1v) is 10.2. The maximum atomic E-state index is 14.4. The number of amides is 2. The van der Waals surface area contributed by atoms with Gasteiger partial charge in [-0.1, -0.05) is 30.3 Å². The summed E-state index contributed by atoms with van der Waals surface area (Å²) in [5, 5.41) is 10.5. The van der Waals surface area contributed by atoms with E-state index in [0.29, 0.717) is 11.5 Å². The van der Waals surface area contributed by atoms with E-state index in [1.54, 1.807) is 4.57 Å². The van der Waals surface area contributed by atoms with Crippen LogP contribution in [0.2, 0.25) is 0 Å². The number of nitrogens with zero attached hydrogens (tertiary/aromatic N) is 4. The van der Waals surface area contributed by atoms with Crippen molar-refractivity contribution in [3.05, 3.63) is 66.1 Å². The van der Waals surface area contributed by atoms with Gasteiger partial charge in [0.25, 0.3) is 0 Å². The SMILES string of the molecule is COc1ccc(F)c(F)c1N(C=O)CC(=O)N1Cc2nc(-c3ccccc3)cn2CC(O)C1. The van der Waals surface area contributed by atoms with Gasteiger partial charge in [-0.05, 0) is 12.1 Å². The first kappa shape index (κ1) is 22.4. The van der Waals surface area contributed by atoms with Gasteiger partial charge in [0.1, 0.15) is 23.8 Å². The van der Waals surface area contributed by atoms with Gasteiger partial charge in [-0.2, -0.15) is 0 Å². The quantitative estimate of drug-likeness (QED) is 0.575. The van der Waals surface area contributed by atoms with E-state index in [9.17, 15) is 23.5 Å². The highest BCUT2D eigenvalue weighted by Crippen LogP contribution is 2.32. The fourth-order valence-corrected chi connectivity index (χ4v) is 3.82. The largest absolute Gasteiger partial charge is 0.494 e. The summed E-state index contributed by atoms with van der Waals surface area (Å²) in [5.41, 5.74) is 1.13. The number of hydrogen-bond acceptors (Lipinski definition) is 5. The molecule has 2 aromatic carbocycles. The monoisotopic (exact) mass is 456 g/mol. The molecule has 2 amide bonds. The van der Waals surface area contributed by atoms with Crippen LogP contribution in [-0.4, -0.2) is 58.2 Å². The lowest BCUT2D eigenvalue weighted by molar-refractivity contribution is -0.132. The summed E-state index contributed by atoms with van der Waals surface area (Å²) in [4.78, 5) is 31.4. The van der Waals surface area contributed by atoms with Crippen LogP contribution in [0.1, 0.15) is 5.82 Å². The number of ether oxygens (including phenoxy) is 1. The van der Waals surface area contributed by atoms with Gasteiger partial charge in [0.2, 0.25) is 12.3 Å². The van der Waals surface area contributed by atoms with Gasteiger partial charge < -0.3 is 19.3 Å². The number of hydrogen-bond donors (Lipinski definition) is 1. The number of β-amino-alcohol motifs (C(OH)–C–C–N with tert-alkyl or cyclic N) is 1. The van der Waals surface area contributed by atoms with Crippen LogP contribution in [-0.2, 0) is 22.7 Å². The second kappa shape index (κ2) is 9.37. The van der Waals surface area contributed by atoms with Gasteiger partial charge in [-0.25, -0.2) is 13.8 Å². The Morgan fingerprint density at radius 3 is 2.70 bits per heavy atom. The minimum atomic E-state index is -1.30. The molecule has 0 bridgehead atoms. The lowest BCUT2D eigenvalue weighted by Crippen LogP contribution is -2.42. The Hall–Kier alpha value is -3.79. The Labute approximate surface area is 188 Å². The zero-order chi connectivity index (χ0) is 23.5. The Balaban J connectivity index is 1.58. The topological polar surface area (TPSA) is 87.9 Å². The number of rotatable bonds is 6. The number of carbonyl (C=O) groups is 2. The zero-order valence-corrected chi connectivity index (χ0v) is 17.8. The van der Waals surface area contributed by atoms with E-state index < -0.39 is 35.9 Å². The zero-order valence-electron chi connectivity index (χ0n) is 17.8. The normalized spacial score (nSPS) is 15.5. The third-order valence-electron chi connectivity index (χ3n) is 5.42. The molecule has 2 heterocycles. The van der Waals surface area contributed by atoms with E-state index in [1.165, 1.54) is 18.1 Å². The summed E-state index contributed by atoms with van der Waals surface area (Å²) in [6, 6.07) is 11.5. The van der Waals surface area contributed by atoms with E-state index in [2.05, 4.69) is 4.98 Å². The summed E-state index contributed by atoms with van der Waals surface area (Å²) < 4.78 is 35.0. The van der Waals surface area contributed by atoms with Crippen LogP contribution in [0.15, 0.2) is 48.7 Å². The Morgan fingerprint density at radius 1 is 1.24 bits per heavy atom. The number of aliphatic hydroxyl groups is 1. The number of benzene rings is 2. The predicted molar refractivity (Wildman–Crippen MR) is 115 cm³/mol. The summed E-state index contributed by atoms with van der Waals surface area (Å²) in [5.74, 6) is -2.57. The number of aromatic nitrogens is 2. The molecule has 1 aliphatic rings. The van der Waals surface area contributed by atoms with Gasteiger partial charge in [-0.3, -0.25) is 14.5 Å². The minimum absolute atomic E-state index is 0.00166. The van der Waals surface area contributed by atoms with Crippen molar-refractivity contribution in [2.45, 2.75) is 19.2 Å². The van der Waals surface area contributed by atoms with E-state index >= 15 is 0 Å². The van der Waals surface area contributed by atoms with Gasteiger partial charge in [-0.15, -0.1) is 0 Å². The highest BCUT2D eigenvalue weighted by Gasteiger charge is 2.29. The van der Waals surface area contributed by atoms with Crippen LogP contribution in [0, 0.1) is 11.6 Å². The number of halogens is 2. The molecule has 10 heteroatoms. The van der Waals surface area contributed by atoms with Crippen molar-refractivity contribution < 1.29 is 28.2 Å². The molecule has 172 valence electrons. The molecular weight excluding hydrogens is 434 g/mol. The Morgan fingerprint density at radius 2 is 2.00 bits per heavy atom. The van der Waals surface area contributed by atoms with Crippen LogP contribution in [0.4, 0.5) is 14.5 Å². The lowest BCUT2D eigenvalue weighted by atomic mass is 10.2. The molecule has 1 aliphatic heterocycles. The van der Waals surface area contributed by atoms with Crippen molar-refractivity contribution in [2.24, 2.45) is 0 Å². The van der Waals surface area contributed by atoms with Crippen molar-refractivity contribution in [3.63, 3.8) is 0 Å². The average molecular weight is 456 g/mol. The van der Waals surface area contributed by atoms with Crippen LogP contribution >= 0.6 is 0 Å². The molecule has 8 nitrogen and oxygen atoms in total. The smallest absolute Gasteiger partial charge is 0.243 e. The van der Waals surface area contributed by atoms with Crippen LogP contribution < -0.4 is 9.64 Å². The molecule has 1 unspecified atom stereocenters. The molecule has 0 saturated heterocycles. The number of fused-ring (bicyclic) bond motifs is 1. The summed E-state index contributed by atoms with van der Waals surface area (Å²) in [7, 11) is 1.25. The lowest BCUT2D eigenvalue weighted by Gasteiger charge is -2.26. The molecule has 0 spiro atoms. The summed E-state index contributed by atoms with van der Waals surface area (Å²) in [6.07, 6.45) is 1.17. The van der Waals surface area contributed by atoms with E-state index in [4.69, 9.17) is 4.74 Å². The van der Waals surface area contributed by atoms with E-state index in [0.717, 1.165) is 16.5 Å². The van der Waals surface area contributed by atoms with Gasteiger partial charge in [0.15, 0.2) is 11.6 Å². The Bertz CT molecular complexity index is 1170. The molecule has 3 aromatic rings. The molecule has 33 heavy (non-hydrogen) atoms.